The Balaban J connectivity index is 0.000000531. The molecule has 0 radical (unpaired) electrons. The van der Waals surface area contributed by atoms with Crippen molar-refractivity contribution in [1.82, 2.24) is 0 Å². The molecule has 0 aliphatic carbocycles. The summed E-state index contributed by atoms with van der Waals surface area (Å²) in [5.41, 5.74) is 7.29. The van der Waals surface area contributed by atoms with Crippen LogP contribution in [0.5, 0.6) is 0 Å². The molecule has 0 bridgehead atoms. The molecule has 1 aliphatic rings. The topological polar surface area (TPSA) is 55.5 Å². The Bertz CT molecular complexity index is 352. The molecule has 3 nitrogen and oxygen atoms in total. The van der Waals surface area contributed by atoms with Gasteiger partial charge in [0.15, 0.2) is 0 Å². The molecule has 0 aromatic heterocycles. The van der Waals surface area contributed by atoms with Crippen LogP contribution in [0.4, 0.5) is 0 Å². The average Bonchev–Trinajstić information content (AvgIpc) is 2.40. The van der Waals surface area contributed by atoms with Gasteiger partial charge >= 0.3 is 7.12 Å². The van der Waals surface area contributed by atoms with Crippen LogP contribution in [0.2, 0.25) is 0 Å². The zero-order valence-corrected chi connectivity index (χ0v) is 9.74. The molecule has 0 atom stereocenters. The fraction of sp³-hybridized carbons (Fsp3) is 0.455. The quantitative estimate of drug-likeness (QED) is 0.610. The van der Waals surface area contributed by atoms with E-state index in [1.807, 2.05) is 39.0 Å². The zero-order valence-electron chi connectivity index (χ0n) is 9.74. The summed E-state index contributed by atoms with van der Waals surface area (Å²) in [7, 11) is 0.741. The summed E-state index contributed by atoms with van der Waals surface area (Å²) in [6.45, 7) is 5.95. The van der Waals surface area contributed by atoms with Crippen LogP contribution in [0.25, 0.3) is 0 Å². The third-order valence-electron chi connectivity index (χ3n) is 2.53. The molecule has 0 spiro atoms. The van der Waals surface area contributed by atoms with E-state index < -0.39 is 7.12 Å². The molecule has 1 aromatic rings. The highest BCUT2D eigenvalue weighted by atomic mass is 16.5. The van der Waals surface area contributed by atoms with Gasteiger partial charge in [-0.15, -0.1) is 0 Å². The summed E-state index contributed by atoms with van der Waals surface area (Å²) in [5, 5.41) is 9.62. The first-order valence-corrected chi connectivity index (χ1v) is 5.05. The van der Waals surface area contributed by atoms with E-state index in [0.29, 0.717) is 0 Å². The second kappa shape index (κ2) is 4.35. The summed E-state index contributed by atoms with van der Waals surface area (Å²) in [4.78, 5) is 0. The predicted octanol–water partition coefficient (Wildman–Crippen LogP) is 0.523. The van der Waals surface area contributed by atoms with Crippen molar-refractivity contribution in [3.63, 3.8) is 0 Å². The monoisotopic (exact) mass is 207 g/mol. The minimum atomic E-state index is -0.759. The lowest BCUT2D eigenvalue weighted by molar-refractivity contribution is 0.101. The molecule has 15 heavy (non-hydrogen) atoms. The molecule has 0 amide bonds. The summed E-state index contributed by atoms with van der Waals surface area (Å²) in [5.74, 6) is 0. The van der Waals surface area contributed by atoms with Gasteiger partial charge in [-0.05, 0) is 38.8 Å². The molecule has 0 unspecified atom stereocenters. The second-order valence-electron chi connectivity index (χ2n) is 4.07. The molecule has 4 heteroatoms. The lowest BCUT2D eigenvalue weighted by atomic mass is 9.77. The van der Waals surface area contributed by atoms with E-state index in [4.69, 9.17) is 4.65 Å². The Hall–Kier alpha value is -0.835. The highest BCUT2D eigenvalue weighted by molar-refractivity contribution is 6.62. The molecule has 3 N–H and O–H groups in total. The predicted molar refractivity (Wildman–Crippen MR) is 63.0 cm³/mol. The Morgan fingerprint density at radius 3 is 2.53 bits per heavy atom. The molecule has 0 saturated carbocycles. The van der Waals surface area contributed by atoms with Gasteiger partial charge in [-0.25, -0.2) is 0 Å². The van der Waals surface area contributed by atoms with Crippen LogP contribution in [-0.4, -0.2) is 19.2 Å². The Morgan fingerprint density at radius 2 is 1.93 bits per heavy atom. The molecule has 1 aliphatic heterocycles. The van der Waals surface area contributed by atoms with Crippen molar-refractivity contribution >= 4 is 12.6 Å². The number of hydrogen-bond donors (Lipinski definition) is 2. The maximum absolute atomic E-state index is 9.62. The highest BCUT2D eigenvalue weighted by Crippen LogP contribution is 2.29. The van der Waals surface area contributed by atoms with E-state index in [9.17, 15) is 5.02 Å². The van der Waals surface area contributed by atoms with Crippen molar-refractivity contribution < 1.29 is 9.68 Å². The summed E-state index contributed by atoms with van der Waals surface area (Å²) in [6, 6.07) is 6.05. The van der Waals surface area contributed by atoms with Crippen LogP contribution in [0.3, 0.4) is 0 Å². The molecule has 2 rings (SSSR count). The summed E-state index contributed by atoms with van der Waals surface area (Å²) >= 11 is 0. The largest absolute Gasteiger partial charge is 0.492 e. The van der Waals surface area contributed by atoms with Crippen molar-refractivity contribution in [2.45, 2.75) is 26.4 Å². The third kappa shape index (κ3) is 2.22. The third-order valence-corrected chi connectivity index (χ3v) is 2.53. The minimum Gasteiger partial charge on any atom is -0.423 e. The highest BCUT2D eigenvalue weighted by Gasteiger charge is 2.40. The van der Waals surface area contributed by atoms with Crippen LogP contribution < -0.4 is 11.2 Å². The number of hydrogen-bond acceptors (Lipinski definition) is 3. The minimum absolute atomic E-state index is 0.359. The van der Waals surface area contributed by atoms with Crippen LogP contribution in [0.15, 0.2) is 18.2 Å². The number of rotatable bonds is 0. The van der Waals surface area contributed by atoms with Crippen molar-refractivity contribution in [3.8, 4) is 0 Å². The number of nitrogens with two attached hydrogens (primary N) is 1. The molecule has 1 heterocycles. The first-order chi connectivity index (χ1) is 7.00. The van der Waals surface area contributed by atoms with E-state index in [1.54, 1.807) is 0 Å². The van der Waals surface area contributed by atoms with Crippen LogP contribution in [0, 0.1) is 6.92 Å². The fourth-order valence-corrected chi connectivity index (χ4v) is 1.84. The molecule has 82 valence electrons. The van der Waals surface area contributed by atoms with Gasteiger partial charge < -0.3 is 15.4 Å². The first kappa shape index (κ1) is 12.2. The molecule has 0 fully saturated rings. The van der Waals surface area contributed by atoms with E-state index in [1.165, 1.54) is 7.05 Å². The average molecular weight is 207 g/mol. The van der Waals surface area contributed by atoms with Crippen molar-refractivity contribution in [2.75, 3.05) is 7.05 Å². The van der Waals surface area contributed by atoms with Gasteiger partial charge in [0.05, 0.1) is 5.60 Å². The number of benzene rings is 1. The van der Waals surface area contributed by atoms with Gasteiger partial charge in [-0.1, -0.05) is 23.8 Å². The van der Waals surface area contributed by atoms with Gasteiger partial charge in [-0.3, -0.25) is 0 Å². The Labute approximate surface area is 91.4 Å². The van der Waals surface area contributed by atoms with Gasteiger partial charge in [0.1, 0.15) is 0 Å². The summed E-state index contributed by atoms with van der Waals surface area (Å²) < 4.78 is 5.43. The lowest BCUT2D eigenvalue weighted by Crippen LogP contribution is -2.28. The van der Waals surface area contributed by atoms with Crippen molar-refractivity contribution in [3.05, 3.63) is 29.3 Å². The standard InChI is InChI=1S/C10H13BO2.CH5N/c1-7-4-5-8-9(6-7)11(12)13-10(8,2)3;1-2/h4-6,12H,1-3H3;2H2,1H3. The fourth-order valence-electron chi connectivity index (χ4n) is 1.84. The lowest BCUT2D eigenvalue weighted by Gasteiger charge is -2.19. The van der Waals surface area contributed by atoms with Crippen LogP contribution in [0.1, 0.15) is 25.0 Å². The van der Waals surface area contributed by atoms with Gasteiger partial charge in [-0.2, -0.15) is 0 Å². The second-order valence-corrected chi connectivity index (χ2v) is 4.07. The molecule has 0 saturated heterocycles. The van der Waals surface area contributed by atoms with Crippen molar-refractivity contribution in [1.29, 1.82) is 0 Å². The van der Waals surface area contributed by atoms with Crippen LogP contribution in [-0.2, 0) is 10.3 Å². The molecule has 1 aromatic carbocycles. The Kier molecular flexibility index (Phi) is 3.55. The maximum atomic E-state index is 9.62. The molecular formula is C11H18BNO2. The van der Waals surface area contributed by atoms with E-state index in [-0.39, 0.29) is 5.60 Å². The van der Waals surface area contributed by atoms with E-state index in [0.717, 1.165) is 16.6 Å². The normalized spacial score (nSPS) is 16.8. The summed E-state index contributed by atoms with van der Waals surface area (Å²) in [6.07, 6.45) is 0. The Morgan fingerprint density at radius 1 is 1.33 bits per heavy atom. The van der Waals surface area contributed by atoms with Crippen molar-refractivity contribution in [2.24, 2.45) is 5.73 Å². The molecular weight excluding hydrogens is 189 g/mol. The van der Waals surface area contributed by atoms with E-state index >= 15 is 0 Å². The van der Waals surface area contributed by atoms with Crippen LogP contribution >= 0.6 is 0 Å². The van der Waals surface area contributed by atoms with Gasteiger partial charge in [0.25, 0.3) is 0 Å². The number of aryl methyl sites for hydroxylation is 1. The maximum Gasteiger partial charge on any atom is 0.492 e. The smallest absolute Gasteiger partial charge is 0.423 e. The van der Waals surface area contributed by atoms with Gasteiger partial charge in [0.2, 0.25) is 0 Å². The SMILES string of the molecule is CN.Cc1ccc2c(c1)B(O)OC2(C)C. The zero-order chi connectivity index (χ0) is 11.6. The first-order valence-electron chi connectivity index (χ1n) is 5.05. The number of fused-ring (bicyclic) bond motifs is 1. The van der Waals surface area contributed by atoms with E-state index in [2.05, 4.69) is 5.73 Å². The van der Waals surface area contributed by atoms with Gasteiger partial charge in [0, 0.05) is 0 Å².